The molecule has 0 radical (unpaired) electrons. The molecule has 0 aliphatic rings. The second-order valence-corrected chi connectivity index (χ2v) is 7.88. The summed E-state index contributed by atoms with van der Waals surface area (Å²) >= 11 is 0. The summed E-state index contributed by atoms with van der Waals surface area (Å²) in [6, 6.07) is 26.6. The fraction of sp³-hybridized carbons (Fsp3) is 0.0952. The van der Waals surface area contributed by atoms with Crippen molar-refractivity contribution in [2.75, 3.05) is 7.05 Å². The van der Waals surface area contributed by atoms with Gasteiger partial charge in [-0.3, -0.25) is 0 Å². The maximum absolute atomic E-state index is 13.2. The van der Waals surface area contributed by atoms with E-state index in [1.165, 1.54) is 16.4 Å². The normalized spacial score (nSPS) is 11.5. The van der Waals surface area contributed by atoms with Crippen molar-refractivity contribution in [3.63, 3.8) is 0 Å². The molecule has 0 fully saturated rings. The van der Waals surface area contributed by atoms with Crippen molar-refractivity contribution in [1.82, 2.24) is 4.31 Å². The molecule has 0 aliphatic carbocycles. The molecule has 130 valence electrons. The highest BCUT2D eigenvalue weighted by molar-refractivity contribution is 7.89. The van der Waals surface area contributed by atoms with Gasteiger partial charge in [0.2, 0.25) is 10.0 Å². The number of hydrogen-bond donors (Lipinski definition) is 0. The lowest BCUT2D eigenvalue weighted by Crippen LogP contribution is -2.32. The van der Waals surface area contributed by atoms with Crippen LogP contribution in [0.25, 0.3) is 0 Å². The van der Waals surface area contributed by atoms with Crippen molar-refractivity contribution >= 4 is 10.0 Å². The van der Waals surface area contributed by atoms with Crippen molar-refractivity contribution in [2.45, 2.75) is 10.9 Å². The maximum Gasteiger partial charge on any atom is 0.243 e. The number of rotatable bonds is 5. The quantitative estimate of drug-likeness (QED) is 0.690. The van der Waals surface area contributed by atoms with E-state index in [0.29, 0.717) is 5.56 Å². The molecule has 0 atom stereocenters. The highest BCUT2D eigenvalue weighted by Crippen LogP contribution is 2.32. The molecule has 5 heteroatoms. The Morgan fingerprint density at radius 2 is 1.38 bits per heavy atom. The van der Waals surface area contributed by atoms with Crippen LogP contribution in [0.3, 0.4) is 0 Å². The number of hydrogen-bond acceptors (Lipinski definition) is 3. The number of nitrogens with zero attached hydrogens (tertiary/aromatic N) is 2. The topological polar surface area (TPSA) is 61.2 Å². The predicted octanol–water partition coefficient (Wildman–Crippen LogP) is 3.97. The van der Waals surface area contributed by atoms with Crippen LogP contribution in [0.2, 0.25) is 0 Å². The summed E-state index contributed by atoms with van der Waals surface area (Å²) < 4.78 is 27.8. The van der Waals surface area contributed by atoms with Crippen LogP contribution in [0.15, 0.2) is 89.8 Å². The summed E-state index contributed by atoms with van der Waals surface area (Å²) in [4.78, 5) is 0.107. The van der Waals surface area contributed by atoms with Crippen LogP contribution in [-0.4, -0.2) is 19.8 Å². The van der Waals surface area contributed by atoms with Gasteiger partial charge in [0.25, 0.3) is 0 Å². The SMILES string of the molecule is CN(C(c1ccccc1)c1ccccc1)S(=O)(=O)c1cccc(C#N)c1. The standard InChI is InChI=1S/C21H18N2O2S/c1-23(26(24,25)20-14-8-9-17(15-20)16-22)21(18-10-4-2-5-11-18)19-12-6-3-7-13-19/h2-15,21H,1H3. The molecule has 0 spiro atoms. The van der Waals surface area contributed by atoms with Gasteiger partial charge in [-0.1, -0.05) is 66.7 Å². The first kappa shape index (κ1) is 17.9. The van der Waals surface area contributed by atoms with Gasteiger partial charge >= 0.3 is 0 Å². The van der Waals surface area contributed by atoms with Crippen LogP contribution >= 0.6 is 0 Å². The minimum absolute atomic E-state index is 0.107. The summed E-state index contributed by atoms with van der Waals surface area (Å²) in [7, 11) is -2.22. The zero-order valence-corrected chi connectivity index (χ0v) is 15.1. The number of benzene rings is 3. The van der Waals surface area contributed by atoms with Crippen LogP contribution in [-0.2, 0) is 10.0 Å². The van der Waals surface area contributed by atoms with E-state index in [1.807, 2.05) is 66.7 Å². The first-order chi connectivity index (χ1) is 12.5. The van der Waals surface area contributed by atoms with Gasteiger partial charge in [-0.05, 0) is 29.3 Å². The third-order valence-electron chi connectivity index (χ3n) is 4.23. The largest absolute Gasteiger partial charge is 0.243 e. The minimum atomic E-state index is -3.78. The zero-order valence-electron chi connectivity index (χ0n) is 14.3. The van der Waals surface area contributed by atoms with Crippen molar-refractivity contribution in [3.8, 4) is 6.07 Å². The summed E-state index contributed by atoms with van der Waals surface area (Å²) in [5.41, 5.74) is 2.07. The van der Waals surface area contributed by atoms with Gasteiger partial charge in [-0.15, -0.1) is 0 Å². The molecule has 0 bridgehead atoms. The summed E-state index contributed by atoms with van der Waals surface area (Å²) in [6.45, 7) is 0. The van der Waals surface area contributed by atoms with Crippen LogP contribution in [0.1, 0.15) is 22.7 Å². The van der Waals surface area contributed by atoms with E-state index in [9.17, 15) is 8.42 Å². The maximum atomic E-state index is 13.2. The van der Waals surface area contributed by atoms with E-state index >= 15 is 0 Å². The monoisotopic (exact) mass is 362 g/mol. The molecule has 3 rings (SSSR count). The molecule has 0 saturated carbocycles. The summed E-state index contributed by atoms with van der Waals surface area (Å²) in [6.07, 6.45) is 0. The molecule has 26 heavy (non-hydrogen) atoms. The van der Waals surface area contributed by atoms with Gasteiger partial charge in [0.1, 0.15) is 0 Å². The first-order valence-corrected chi connectivity index (χ1v) is 9.56. The molecular formula is C21H18N2O2S. The van der Waals surface area contributed by atoms with Gasteiger partial charge in [0, 0.05) is 7.05 Å². The molecule has 0 saturated heterocycles. The molecule has 3 aromatic carbocycles. The molecule has 3 aromatic rings. The average Bonchev–Trinajstić information content (AvgIpc) is 2.70. The van der Waals surface area contributed by atoms with Gasteiger partial charge < -0.3 is 0 Å². The van der Waals surface area contributed by atoms with Gasteiger partial charge in [-0.2, -0.15) is 9.57 Å². The second kappa shape index (κ2) is 7.52. The third-order valence-corrected chi connectivity index (χ3v) is 6.05. The first-order valence-electron chi connectivity index (χ1n) is 8.12. The van der Waals surface area contributed by atoms with E-state index in [0.717, 1.165) is 11.1 Å². The Kier molecular flexibility index (Phi) is 5.17. The lowest BCUT2D eigenvalue weighted by molar-refractivity contribution is 0.418. The lowest BCUT2D eigenvalue weighted by atomic mass is 9.99. The predicted molar refractivity (Wildman–Crippen MR) is 101 cm³/mol. The van der Waals surface area contributed by atoms with E-state index in [2.05, 4.69) is 0 Å². The molecule has 0 N–H and O–H groups in total. The molecule has 0 heterocycles. The molecule has 0 aromatic heterocycles. The van der Waals surface area contributed by atoms with E-state index in [-0.39, 0.29) is 4.90 Å². The van der Waals surface area contributed by atoms with E-state index in [4.69, 9.17) is 5.26 Å². The molecule has 0 amide bonds. The Hall–Kier alpha value is -2.94. The van der Waals surface area contributed by atoms with Gasteiger partial charge in [-0.25, -0.2) is 8.42 Å². The Labute approximate surface area is 154 Å². The molecule has 4 nitrogen and oxygen atoms in total. The summed E-state index contributed by atoms with van der Waals surface area (Å²) in [5.74, 6) is 0. The van der Waals surface area contributed by atoms with Crippen LogP contribution in [0, 0.1) is 11.3 Å². The minimum Gasteiger partial charge on any atom is -0.207 e. The van der Waals surface area contributed by atoms with Crippen molar-refractivity contribution in [2.24, 2.45) is 0 Å². The van der Waals surface area contributed by atoms with Gasteiger partial charge in [0.05, 0.1) is 22.6 Å². The lowest BCUT2D eigenvalue weighted by Gasteiger charge is -2.28. The second-order valence-electron chi connectivity index (χ2n) is 5.88. The zero-order chi connectivity index (χ0) is 18.6. The Morgan fingerprint density at radius 1 is 0.846 bits per heavy atom. The average molecular weight is 362 g/mol. The molecule has 0 aliphatic heterocycles. The van der Waals surface area contributed by atoms with Crippen molar-refractivity contribution < 1.29 is 8.42 Å². The third kappa shape index (κ3) is 3.52. The smallest absolute Gasteiger partial charge is 0.207 e. The molecular weight excluding hydrogens is 344 g/mol. The number of nitriles is 1. The highest BCUT2D eigenvalue weighted by atomic mass is 32.2. The fourth-order valence-electron chi connectivity index (χ4n) is 2.91. The Bertz CT molecular complexity index is 987. The Morgan fingerprint density at radius 3 is 1.88 bits per heavy atom. The Balaban J connectivity index is 2.10. The summed E-state index contributed by atoms with van der Waals surface area (Å²) in [5, 5.41) is 9.07. The van der Waals surface area contributed by atoms with Crippen LogP contribution in [0.5, 0.6) is 0 Å². The van der Waals surface area contributed by atoms with Crippen LogP contribution in [0.4, 0.5) is 0 Å². The van der Waals surface area contributed by atoms with Crippen molar-refractivity contribution in [3.05, 3.63) is 102 Å². The highest BCUT2D eigenvalue weighted by Gasteiger charge is 2.30. The fourth-order valence-corrected chi connectivity index (χ4v) is 4.29. The molecule has 0 unspecified atom stereocenters. The van der Waals surface area contributed by atoms with Gasteiger partial charge in [0.15, 0.2) is 0 Å². The van der Waals surface area contributed by atoms with Crippen molar-refractivity contribution in [1.29, 1.82) is 5.26 Å². The van der Waals surface area contributed by atoms with E-state index in [1.54, 1.807) is 19.2 Å². The van der Waals surface area contributed by atoms with E-state index < -0.39 is 16.1 Å². The van der Waals surface area contributed by atoms with Crippen LogP contribution < -0.4 is 0 Å². The number of sulfonamides is 1.